The van der Waals surface area contributed by atoms with E-state index in [4.69, 9.17) is 21.1 Å². The lowest BCUT2D eigenvalue weighted by Crippen LogP contribution is -2.04. The second-order valence-electron chi connectivity index (χ2n) is 4.31. The molecule has 0 atom stereocenters. The van der Waals surface area contributed by atoms with Crippen molar-refractivity contribution in [3.8, 4) is 11.6 Å². The molecule has 6 nitrogen and oxygen atoms in total. The van der Waals surface area contributed by atoms with E-state index in [0.29, 0.717) is 11.3 Å². The molecule has 22 heavy (non-hydrogen) atoms. The van der Waals surface area contributed by atoms with Gasteiger partial charge in [-0.05, 0) is 12.5 Å². The fraction of sp³-hybridized carbons (Fsp3) is 0.133. The summed E-state index contributed by atoms with van der Waals surface area (Å²) in [5, 5.41) is 9.56. The highest BCUT2D eigenvalue weighted by Gasteiger charge is 2.18. The Labute approximate surface area is 132 Å². The number of ether oxygens (including phenoxy) is 2. The summed E-state index contributed by atoms with van der Waals surface area (Å²) in [6.45, 7) is 1.80. The van der Waals surface area contributed by atoms with Gasteiger partial charge >= 0.3 is 5.97 Å². The van der Waals surface area contributed by atoms with Crippen molar-refractivity contribution < 1.29 is 19.4 Å². The predicted molar refractivity (Wildman–Crippen MR) is 80.9 cm³/mol. The smallest absolute Gasteiger partial charge is 0.339 e. The Morgan fingerprint density at radius 1 is 1.36 bits per heavy atom. The molecule has 1 N–H and O–H groups in total. The number of aromatic nitrogens is 2. The zero-order valence-corrected chi connectivity index (χ0v) is 12.7. The lowest BCUT2D eigenvalue weighted by molar-refractivity contribution is -0.130. The molecule has 0 unspecified atom stereocenters. The van der Waals surface area contributed by atoms with E-state index in [2.05, 4.69) is 9.97 Å². The monoisotopic (exact) mass is 320 g/mol. The van der Waals surface area contributed by atoms with Crippen LogP contribution >= 0.6 is 11.6 Å². The predicted octanol–water partition coefficient (Wildman–Crippen LogP) is 3.30. The maximum absolute atomic E-state index is 11.4. The van der Waals surface area contributed by atoms with Crippen LogP contribution in [0, 0.1) is 6.92 Å². The van der Waals surface area contributed by atoms with Crippen molar-refractivity contribution in [2.45, 2.75) is 6.92 Å². The number of hydrogen-bond donors (Lipinski definition) is 1. The van der Waals surface area contributed by atoms with E-state index in [-0.39, 0.29) is 16.6 Å². The van der Waals surface area contributed by atoms with E-state index in [1.807, 2.05) is 0 Å². The van der Waals surface area contributed by atoms with Crippen molar-refractivity contribution >= 4 is 23.1 Å². The normalized spacial score (nSPS) is 11.1. The Morgan fingerprint density at radius 3 is 2.77 bits per heavy atom. The lowest BCUT2D eigenvalue weighted by atomic mass is 10.0. The number of carbonyl (C=O) groups is 1. The van der Waals surface area contributed by atoms with Gasteiger partial charge in [-0.3, -0.25) is 0 Å². The first kappa shape index (κ1) is 15.8. The number of carboxylic acids is 1. The summed E-state index contributed by atoms with van der Waals surface area (Å²) < 4.78 is 10.5. The second-order valence-corrected chi connectivity index (χ2v) is 4.69. The van der Waals surface area contributed by atoms with E-state index in [1.165, 1.54) is 19.5 Å². The van der Waals surface area contributed by atoms with Crippen LogP contribution in [-0.2, 0) is 9.53 Å². The molecule has 0 radical (unpaired) electrons. The van der Waals surface area contributed by atoms with Gasteiger partial charge in [0.2, 0.25) is 5.88 Å². The number of benzene rings is 1. The zero-order valence-electron chi connectivity index (χ0n) is 11.9. The van der Waals surface area contributed by atoms with Crippen LogP contribution < -0.4 is 4.74 Å². The average molecular weight is 321 g/mol. The third kappa shape index (κ3) is 3.53. The van der Waals surface area contributed by atoms with Gasteiger partial charge in [-0.1, -0.05) is 29.8 Å². The van der Waals surface area contributed by atoms with Crippen LogP contribution in [0.2, 0.25) is 5.15 Å². The number of nitrogens with zero attached hydrogens (tertiary/aromatic N) is 2. The van der Waals surface area contributed by atoms with Crippen LogP contribution in [0.4, 0.5) is 0 Å². The zero-order chi connectivity index (χ0) is 16.1. The number of halogens is 1. The number of para-hydroxylation sites is 1. The van der Waals surface area contributed by atoms with Gasteiger partial charge in [-0.15, -0.1) is 0 Å². The van der Waals surface area contributed by atoms with Crippen molar-refractivity contribution in [1.82, 2.24) is 9.97 Å². The summed E-state index contributed by atoms with van der Waals surface area (Å²) >= 11 is 5.80. The Kier molecular flexibility index (Phi) is 4.95. The van der Waals surface area contributed by atoms with Crippen LogP contribution in [0.15, 0.2) is 36.9 Å². The number of hydrogen-bond acceptors (Lipinski definition) is 5. The SMILES string of the molecule is CO/C=C(/C(=O)O)c1cccc(C)c1Oc1cc(Cl)ncn1. The maximum atomic E-state index is 11.4. The Bertz CT molecular complexity index is 731. The third-order valence-electron chi connectivity index (χ3n) is 2.78. The molecule has 1 aromatic heterocycles. The van der Waals surface area contributed by atoms with E-state index in [0.717, 1.165) is 11.8 Å². The summed E-state index contributed by atoms with van der Waals surface area (Å²) in [4.78, 5) is 19.1. The van der Waals surface area contributed by atoms with Crippen LogP contribution in [0.5, 0.6) is 11.6 Å². The number of rotatable bonds is 5. The van der Waals surface area contributed by atoms with Gasteiger partial charge < -0.3 is 14.6 Å². The summed E-state index contributed by atoms with van der Waals surface area (Å²) in [7, 11) is 1.38. The largest absolute Gasteiger partial charge is 0.503 e. The molecule has 0 aliphatic rings. The molecule has 0 aliphatic carbocycles. The topological polar surface area (TPSA) is 81.5 Å². The fourth-order valence-corrected chi connectivity index (χ4v) is 1.96. The summed E-state index contributed by atoms with van der Waals surface area (Å²) in [5.41, 5.74) is 1.10. The Balaban J connectivity index is 2.51. The van der Waals surface area contributed by atoms with Crippen molar-refractivity contribution in [2.75, 3.05) is 7.11 Å². The highest BCUT2D eigenvalue weighted by molar-refractivity contribution is 6.29. The highest BCUT2D eigenvalue weighted by Crippen LogP contribution is 2.33. The molecule has 0 aliphatic heterocycles. The number of methoxy groups -OCH3 is 1. The first-order chi connectivity index (χ1) is 10.5. The average Bonchev–Trinajstić information content (AvgIpc) is 2.47. The molecule has 0 spiro atoms. The molecule has 0 amide bonds. The van der Waals surface area contributed by atoms with Crippen molar-refractivity contribution in [1.29, 1.82) is 0 Å². The first-order valence-electron chi connectivity index (χ1n) is 6.24. The molecular weight excluding hydrogens is 308 g/mol. The lowest BCUT2D eigenvalue weighted by Gasteiger charge is -2.13. The number of carboxylic acid groups (broad SMARTS) is 1. The quantitative estimate of drug-likeness (QED) is 0.517. The van der Waals surface area contributed by atoms with Gasteiger partial charge in [0, 0.05) is 11.6 Å². The molecule has 0 bridgehead atoms. The third-order valence-corrected chi connectivity index (χ3v) is 2.99. The van der Waals surface area contributed by atoms with Gasteiger partial charge in [0.05, 0.1) is 13.4 Å². The van der Waals surface area contributed by atoms with Crippen LogP contribution in [0.1, 0.15) is 11.1 Å². The minimum absolute atomic E-state index is 0.0265. The maximum Gasteiger partial charge on any atom is 0.339 e. The minimum Gasteiger partial charge on any atom is -0.503 e. The van der Waals surface area contributed by atoms with Gasteiger partial charge in [0.25, 0.3) is 0 Å². The van der Waals surface area contributed by atoms with Crippen LogP contribution in [-0.4, -0.2) is 28.2 Å². The molecule has 0 fully saturated rings. The molecule has 1 aromatic carbocycles. The van der Waals surface area contributed by atoms with E-state index in [9.17, 15) is 9.90 Å². The second kappa shape index (κ2) is 6.91. The molecule has 1 heterocycles. The van der Waals surface area contributed by atoms with E-state index >= 15 is 0 Å². The van der Waals surface area contributed by atoms with Gasteiger partial charge in [-0.25, -0.2) is 14.8 Å². The minimum atomic E-state index is -1.13. The van der Waals surface area contributed by atoms with Gasteiger partial charge in [-0.2, -0.15) is 0 Å². The molecule has 2 aromatic rings. The molecule has 0 saturated carbocycles. The van der Waals surface area contributed by atoms with Crippen LogP contribution in [0.3, 0.4) is 0 Å². The molecule has 7 heteroatoms. The van der Waals surface area contributed by atoms with Crippen molar-refractivity contribution in [3.63, 3.8) is 0 Å². The summed E-state index contributed by atoms with van der Waals surface area (Å²) in [5.74, 6) is -0.543. The summed E-state index contributed by atoms with van der Waals surface area (Å²) in [6, 6.07) is 6.60. The molecule has 0 saturated heterocycles. The molecular formula is C15H13ClN2O4. The van der Waals surface area contributed by atoms with Crippen molar-refractivity contribution in [2.24, 2.45) is 0 Å². The van der Waals surface area contributed by atoms with E-state index in [1.54, 1.807) is 25.1 Å². The molecule has 114 valence electrons. The number of aliphatic carboxylic acids is 1. The van der Waals surface area contributed by atoms with E-state index < -0.39 is 5.97 Å². The first-order valence-corrected chi connectivity index (χ1v) is 6.62. The highest BCUT2D eigenvalue weighted by atomic mass is 35.5. The Morgan fingerprint density at radius 2 is 2.14 bits per heavy atom. The van der Waals surface area contributed by atoms with Crippen molar-refractivity contribution in [3.05, 3.63) is 53.1 Å². The molecule has 2 rings (SSSR count). The fourth-order valence-electron chi connectivity index (χ4n) is 1.82. The number of aryl methyl sites for hydroxylation is 1. The standard InChI is InChI=1S/C15H13ClN2O4/c1-9-4-3-5-10(11(7-21-2)15(19)20)14(9)22-13-6-12(16)17-8-18-13/h3-8H,1-2H3,(H,19,20)/b11-7+. The van der Waals surface area contributed by atoms with Gasteiger partial charge in [0.1, 0.15) is 22.8 Å². The Hall–Kier alpha value is -2.60. The van der Waals surface area contributed by atoms with Crippen LogP contribution in [0.25, 0.3) is 5.57 Å². The summed E-state index contributed by atoms with van der Waals surface area (Å²) in [6.07, 6.45) is 2.41. The van der Waals surface area contributed by atoms with Gasteiger partial charge in [0.15, 0.2) is 0 Å².